The molecule has 6 aromatic heterocycles. The Balaban J connectivity index is 0.000000183. The van der Waals surface area contributed by atoms with Crippen molar-refractivity contribution in [3.63, 3.8) is 0 Å². The summed E-state index contributed by atoms with van der Waals surface area (Å²) < 4.78 is 79.5. The zero-order chi connectivity index (χ0) is 51.1. The minimum Gasteiger partial charge on any atom is -0.378 e. The van der Waals surface area contributed by atoms with Gasteiger partial charge in [0.1, 0.15) is 0 Å². The number of nitrogens with zero attached hydrogens (tertiary/aromatic N) is 12. The van der Waals surface area contributed by atoms with Gasteiger partial charge in [0, 0.05) is 73.5 Å². The molecule has 8 aromatic rings. The molecule has 8 heterocycles. The number of hydrogen-bond donors (Lipinski definition) is 4. The Bertz CT molecular complexity index is 3160. The zero-order valence-electron chi connectivity index (χ0n) is 39.2. The molecular formula is C51H45F5N16O2. The summed E-state index contributed by atoms with van der Waals surface area (Å²) in [6.07, 6.45) is 10.5. The van der Waals surface area contributed by atoms with Crippen LogP contribution in [0.25, 0.3) is 22.3 Å². The van der Waals surface area contributed by atoms with Gasteiger partial charge < -0.3 is 29.9 Å². The molecule has 2 fully saturated rings. The van der Waals surface area contributed by atoms with E-state index in [1.165, 1.54) is 18.6 Å². The van der Waals surface area contributed by atoms with Crippen molar-refractivity contribution in [1.29, 1.82) is 0 Å². The lowest BCUT2D eigenvalue weighted by Crippen LogP contribution is -2.37. The molecule has 0 radical (unpaired) electrons. The molecular weight excluding hydrogens is 964 g/mol. The van der Waals surface area contributed by atoms with Crippen molar-refractivity contribution in [2.75, 3.05) is 83.9 Å². The van der Waals surface area contributed by atoms with E-state index in [1.54, 1.807) is 60.0 Å². The van der Waals surface area contributed by atoms with Crippen molar-refractivity contribution in [3.05, 3.63) is 169 Å². The number of ether oxygens (including phenoxy) is 2. The van der Waals surface area contributed by atoms with Crippen LogP contribution < -0.4 is 31.3 Å². The molecule has 0 saturated carbocycles. The fourth-order valence-electron chi connectivity index (χ4n) is 7.45. The Morgan fingerprint density at radius 1 is 0.500 bits per heavy atom. The number of morpholine rings is 2. The maximum atomic E-state index is 14.2. The second kappa shape index (κ2) is 23.9. The molecule has 0 bridgehead atoms. The summed E-state index contributed by atoms with van der Waals surface area (Å²) in [4.78, 5) is 36.7. The highest BCUT2D eigenvalue weighted by atomic mass is 19.4. The highest BCUT2D eigenvalue weighted by molar-refractivity contribution is 5.79. The van der Waals surface area contributed by atoms with Crippen LogP contribution >= 0.6 is 0 Å². The lowest BCUT2D eigenvalue weighted by molar-refractivity contribution is -0.137. The highest BCUT2D eigenvalue weighted by Crippen LogP contribution is 2.36. The van der Waals surface area contributed by atoms with Gasteiger partial charge in [-0.15, -0.1) is 0 Å². The van der Waals surface area contributed by atoms with E-state index in [2.05, 4.69) is 77.6 Å². The number of nitrogens with one attached hydrogen (secondary N) is 4. The Labute approximate surface area is 420 Å². The molecule has 74 heavy (non-hydrogen) atoms. The number of hydrazone groups is 2. The first-order valence-corrected chi connectivity index (χ1v) is 23.0. The average molecular weight is 1010 g/mol. The van der Waals surface area contributed by atoms with Crippen LogP contribution in [0.5, 0.6) is 0 Å². The third-order valence-corrected chi connectivity index (χ3v) is 11.1. The molecule has 10 rings (SSSR count). The van der Waals surface area contributed by atoms with Crippen molar-refractivity contribution in [2.24, 2.45) is 10.2 Å². The topological polar surface area (TPSA) is 201 Å². The van der Waals surface area contributed by atoms with Gasteiger partial charge >= 0.3 is 6.18 Å². The number of pyridine rings is 4. The summed E-state index contributed by atoms with van der Waals surface area (Å²) in [6, 6.07) is 26.1. The van der Waals surface area contributed by atoms with E-state index >= 15 is 0 Å². The smallest absolute Gasteiger partial charge is 0.378 e. The standard InChI is InChI=1S/C26H22F4N8O.C25H23FN8O/c27-23-16-33-25(36-24(23)38-6-8-39-9-7-38)37-34-15-20-3-4-21(14-32-20)35-22-11-18(17-2-1-5-31-13-17)10-19(12-22)26(28,29)30;26-23-17-29-25(32-24(23)34-9-11-35-12-10-34)33-30-16-21-6-7-22(15-28-21)31-20-5-1-3-18(13-20)19-4-2-8-27-14-19/h1-5,10-16,35H,6-9H2,(H,33,36,37);1-8,13-17,31H,9-12H2,(H,29,32,33)/b34-15+;30-16+. The van der Waals surface area contributed by atoms with E-state index in [0.717, 1.165) is 47.0 Å². The molecule has 18 nitrogen and oxygen atoms in total. The van der Waals surface area contributed by atoms with Crippen molar-refractivity contribution < 1.29 is 31.4 Å². The largest absolute Gasteiger partial charge is 0.416 e. The molecule has 0 amide bonds. The van der Waals surface area contributed by atoms with Crippen LogP contribution in [0, 0.1) is 11.6 Å². The van der Waals surface area contributed by atoms with E-state index in [9.17, 15) is 22.0 Å². The molecule has 2 aromatic carbocycles. The molecule has 0 atom stereocenters. The molecule has 2 aliphatic rings. The molecule has 4 N–H and O–H groups in total. The summed E-state index contributed by atoms with van der Waals surface area (Å²) in [5, 5.41) is 14.5. The Morgan fingerprint density at radius 3 is 1.49 bits per heavy atom. The fourth-order valence-corrected chi connectivity index (χ4v) is 7.45. The van der Waals surface area contributed by atoms with E-state index in [4.69, 9.17) is 9.47 Å². The number of rotatable bonds is 14. The van der Waals surface area contributed by atoms with Crippen LogP contribution in [0.15, 0.2) is 151 Å². The van der Waals surface area contributed by atoms with Crippen LogP contribution in [0.1, 0.15) is 17.0 Å². The molecule has 0 unspecified atom stereocenters. The summed E-state index contributed by atoms with van der Waals surface area (Å²) in [7, 11) is 0. The number of alkyl halides is 3. The van der Waals surface area contributed by atoms with Crippen molar-refractivity contribution >= 4 is 58.7 Å². The highest BCUT2D eigenvalue weighted by Gasteiger charge is 2.31. The predicted octanol–water partition coefficient (Wildman–Crippen LogP) is 9.22. The summed E-state index contributed by atoms with van der Waals surface area (Å²) in [5.41, 5.74) is 11.3. The quantitative estimate of drug-likeness (QED) is 0.0456. The second-order valence-corrected chi connectivity index (χ2v) is 16.2. The Hall–Kier alpha value is -9.09. The van der Waals surface area contributed by atoms with E-state index in [1.807, 2.05) is 53.6 Å². The maximum Gasteiger partial charge on any atom is 0.416 e. The molecule has 0 aliphatic carbocycles. The molecule has 23 heteroatoms. The van der Waals surface area contributed by atoms with E-state index in [0.29, 0.717) is 80.8 Å². The first-order valence-electron chi connectivity index (χ1n) is 23.0. The van der Waals surface area contributed by atoms with Crippen LogP contribution in [0.4, 0.5) is 68.2 Å². The van der Waals surface area contributed by atoms with E-state index < -0.39 is 23.4 Å². The van der Waals surface area contributed by atoms with Crippen molar-refractivity contribution in [1.82, 2.24) is 39.9 Å². The first kappa shape index (κ1) is 49.9. The number of anilines is 8. The maximum absolute atomic E-state index is 14.2. The lowest BCUT2D eigenvalue weighted by Gasteiger charge is -2.27. The van der Waals surface area contributed by atoms with Crippen LogP contribution in [0.3, 0.4) is 0 Å². The van der Waals surface area contributed by atoms with Gasteiger partial charge in [-0.1, -0.05) is 24.3 Å². The monoisotopic (exact) mass is 1010 g/mol. The first-order chi connectivity index (χ1) is 36.1. The molecule has 2 aliphatic heterocycles. The third-order valence-electron chi connectivity index (χ3n) is 11.1. The number of aromatic nitrogens is 8. The SMILES string of the molecule is Fc1cnc(N/N=C/c2ccc(Nc3cc(-c4cccnc4)cc(C(F)(F)F)c3)cn2)nc1N1CCOCC1.Fc1cnc(N/N=C/c2ccc(Nc3cccc(-c4cccnc4)c3)cn2)nc1N1CCOCC1. The van der Waals surface area contributed by atoms with Gasteiger partial charge in [-0.25, -0.2) is 29.6 Å². The van der Waals surface area contributed by atoms with Gasteiger partial charge in [0.05, 0.1) is 92.0 Å². The number of benzene rings is 2. The molecule has 376 valence electrons. The summed E-state index contributed by atoms with van der Waals surface area (Å²) >= 11 is 0. The Morgan fingerprint density at radius 2 is 1.00 bits per heavy atom. The minimum atomic E-state index is -4.52. The van der Waals surface area contributed by atoms with Gasteiger partial charge in [-0.05, 0) is 77.9 Å². The van der Waals surface area contributed by atoms with Crippen LogP contribution in [0.2, 0.25) is 0 Å². The molecule has 2 saturated heterocycles. The van der Waals surface area contributed by atoms with E-state index in [-0.39, 0.29) is 29.2 Å². The van der Waals surface area contributed by atoms with Gasteiger partial charge in [0.25, 0.3) is 0 Å². The number of halogens is 5. The lowest BCUT2D eigenvalue weighted by atomic mass is 10.0. The summed E-state index contributed by atoms with van der Waals surface area (Å²) in [6.45, 7) is 4.25. The van der Waals surface area contributed by atoms with Gasteiger partial charge in [-0.2, -0.15) is 33.3 Å². The molecule has 0 spiro atoms. The summed E-state index contributed by atoms with van der Waals surface area (Å²) in [5.74, 6) is -0.290. The average Bonchev–Trinajstić information content (AvgIpc) is 3.43. The normalized spacial score (nSPS) is 13.9. The van der Waals surface area contributed by atoms with Crippen molar-refractivity contribution in [2.45, 2.75) is 6.18 Å². The fraction of sp³-hybridized carbons (Fsp3) is 0.176. The minimum absolute atomic E-state index is 0.112. The van der Waals surface area contributed by atoms with Crippen LogP contribution in [-0.2, 0) is 15.7 Å². The van der Waals surface area contributed by atoms with Gasteiger partial charge in [0.2, 0.25) is 11.9 Å². The Kier molecular flexibility index (Phi) is 16.1. The van der Waals surface area contributed by atoms with Gasteiger partial charge in [-0.3, -0.25) is 19.9 Å². The van der Waals surface area contributed by atoms with Crippen molar-refractivity contribution in [3.8, 4) is 22.3 Å². The predicted molar refractivity (Wildman–Crippen MR) is 272 cm³/mol. The number of hydrogen-bond acceptors (Lipinski definition) is 18. The van der Waals surface area contributed by atoms with Gasteiger partial charge in [0.15, 0.2) is 23.3 Å². The van der Waals surface area contributed by atoms with Crippen LogP contribution in [-0.4, -0.2) is 105 Å². The third kappa shape index (κ3) is 13.6. The zero-order valence-corrected chi connectivity index (χ0v) is 39.2. The second-order valence-electron chi connectivity index (χ2n) is 16.2.